The van der Waals surface area contributed by atoms with Crippen molar-refractivity contribution < 1.29 is 22.3 Å². The quantitative estimate of drug-likeness (QED) is 0.386. The highest BCUT2D eigenvalue weighted by atomic mass is 32.1. The van der Waals surface area contributed by atoms with Gasteiger partial charge in [-0.25, -0.2) is 19.3 Å². The lowest BCUT2D eigenvalue weighted by molar-refractivity contribution is -0.147. The Morgan fingerprint density at radius 1 is 1.20 bits per heavy atom. The Morgan fingerprint density at radius 3 is 2.60 bits per heavy atom. The Balaban J connectivity index is 1.64. The molecule has 1 fully saturated rings. The first kappa shape index (κ1) is 22.6. The monoisotopic (exact) mass is 504 g/mol. The molecule has 0 spiro atoms. The van der Waals surface area contributed by atoms with Crippen LogP contribution in [0.2, 0.25) is 0 Å². The van der Waals surface area contributed by atoms with Gasteiger partial charge in [0, 0.05) is 12.6 Å². The predicted octanol–water partition coefficient (Wildman–Crippen LogP) is 2.54. The lowest BCUT2D eigenvalue weighted by atomic mass is 10.1. The Bertz CT molecular complexity index is 1540. The van der Waals surface area contributed by atoms with E-state index in [4.69, 9.17) is 10.00 Å². The molecule has 0 atom stereocenters. The zero-order valence-corrected chi connectivity index (χ0v) is 18.4. The third-order valence-corrected chi connectivity index (χ3v) is 5.84. The number of nitrogens with zero attached hydrogens (tertiary/aromatic N) is 8. The fourth-order valence-electron chi connectivity index (χ4n) is 3.53. The fraction of sp³-hybridized carbons (Fsp3) is 0.250. The van der Waals surface area contributed by atoms with E-state index in [9.17, 15) is 22.4 Å². The van der Waals surface area contributed by atoms with Gasteiger partial charge in [0.05, 0.1) is 24.7 Å². The van der Waals surface area contributed by atoms with E-state index >= 15 is 0 Å². The maximum Gasteiger partial charge on any atom is 0.449 e. The Morgan fingerprint density at radius 2 is 1.97 bits per heavy atom. The molecule has 4 heterocycles. The summed E-state index contributed by atoms with van der Waals surface area (Å²) in [5.74, 6) is -2.39. The number of ether oxygens (including phenoxy) is 1. The molecular weight excluding hydrogens is 492 g/mol. The number of hydrogen-bond acceptors (Lipinski definition) is 10. The second-order valence-electron chi connectivity index (χ2n) is 7.52. The van der Waals surface area contributed by atoms with Crippen LogP contribution >= 0.6 is 11.3 Å². The van der Waals surface area contributed by atoms with E-state index in [1.165, 1.54) is 29.0 Å². The number of fused-ring (bicyclic) bond motifs is 1. The van der Waals surface area contributed by atoms with Gasteiger partial charge in [0.2, 0.25) is 11.8 Å². The van der Waals surface area contributed by atoms with Crippen molar-refractivity contribution in [2.24, 2.45) is 7.05 Å². The van der Waals surface area contributed by atoms with Crippen LogP contribution in [-0.4, -0.2) is 48.9 Å². The lowest BCUT2D eigenvalue weighted by Gasteiger charge is -2.38. The van der Waals surface area contributed by atoms with Gasteiger partial charge in [-0.2, -0.15) is 18.4 Å². The van der Waals surface area contributed by atoms with Gasteiger partial charge in [-0.1, -0.05) is 11.3 Å². The Kier molecular flexibility index (Phi) is 5.32. The van der Waals surface area contributed by atoms with Crippen LogP contribution in [-0.2, 0) is 13.2 Å². The number of nitriles is 1. The summed E-state index contributed by atoms with van der Waals surface area (Å²) in [5, 5.41) is 16.8. The number of hydrogen-bond donors (Lipinski definition) is 0. The summed E-state index contributed by atoms with van der Waals surface area (Å²) in [4.78, 5) is 26.5. The van der Waals surface area contributed by atoms with E-state index in [2.05, 4.69) is 25.1 Å². The van der Waals surface area contributed by atoms with Gasteiger partial charge in [0.25, 0.3) is 10.8 Å². The standard InChI is InChI=1S/C20H12F4N8O2S/c1-31-16(33)15-14(27-17(31)20(22,23)24)13(11-3-2-9(5-25)4-12(11)21)28-18(29-15)32-6-10(7-32)34-19-30-26-8-35-19/h2-4,8,10H,6-7H2,1H3. The van der Waals surface area contributed by atoms with Crippen LogP contribution in [0.4, 0.5) is 23.5 Å². The topological polar surface area (TPSA) is 123 Å². The molecule has 0 saturated carbocycles. The first-order valence-electron chi connectivity index (χ1n) is 9.89. The predicted molar refractivity (Wildman–Crippen MR) is 114 cm³/mol. The molecule has 0 N–H and O–H groups in total. The van der Waals surface area contributed by atoms with Crippen molar-refractivity contribution in [1.29, 1.82) is 5.26 Å². The van der Waals surface area contributed by atoms with Crippen molar-refractivity contribution in [1.82, 2.24) is 29.7 Å². The highest BCUT2D eigenvalue weighted by Crippen LogP contribution is 2.33. The Hall–Kier alpha value is -4.19. The molecule has 1 aliphatic heterocycles. The van der Waals surface area contributed by atoms with Crippen LogP contribution in [0.1, 0.15) is 11.4 Å². The van der Waals surface area contributed by atoms with Gasteiger partial charge in [0.1, 0.15) is 28.6 Å². The van der Waals surface area contributed by atoms with E-state index in [-0.39, 0.29) is 42.0 Å². The number of rotatable bonds is 4. The van der Waals surface area contributed by atoms with Crippen molar-refractivity contribution in [2.45, 2.75) is 12.3 Å². The molecule has 3 aromatic heterocycles. The molecular formula is C20H12F4N8O2S. The van der Waals surface area contributed by atoms with E-state index in [0.717, 1.165) is 13.1 Å². The summed E-state index contributed by atoms with van der Waals surface area (Å²) < 4.78 is 61.5. The molecule has 0 unspecified atom stereocenters. The number of anilines is 1. The van der Waals surface area contributed by atoms with E-state index < -0.39 is 34.4 Å². The number of benzene rings is 1. The SMILES string of the molecule is Cn1c(C(F)(F)F)nc2c(-c3ccc(C#N)cc3F)nc(N3CC(Oc4nncs4)C3)nc2c1=O. The second kappa shape index (κ2) is 8.24. The summed E-state index contributed by atoms with van der Waals surface area (Å²) in [5.41, 5.74) is -0.994. The lowest BCUT2D eigenvalue weighted by Crippen LogP contribution is -2.54. The molecule has 5 rings (SSSR count). The van der Waals surface area contributed by atoms with Gasteiger partial charge < -0.3 is 9.64 Å². The van der Waals surface area contributed by atoms with Gasteiger partial charge in [-0.05, 0) is 18.2 Å². The van der Waals surface area contributed by atoms with E-state index in [0.29, 0.717) is 9.76 Å². The van der Waals surface area contributed by atoms with Crippen LogP contribution in [0.15, 0.2) is 28.5 Å². The maximum atomic E-state index is 14.9. The first-order chi connectivity index (χ1) is 16.7. The average Bonchev–Trinajstić information content (AvgIpc) is 3.30. The largest absolute Gasteiger partial charge is 0.462 e. The summed E-state index contributed by atoms with van der Waals surface area (Å²) in [6.45, 7) is 0.573. The van der Waals surface area contributed by atoms with E-state index in [1.54, 1.807) is 11.0 Å². The van der Waals surface area contributed by atoms with Crippen molar-refractivity contribution >= 4 is 28.3 Å². The van der Waals surface area contributed by atoms with Crippen molar-refractivity contribution in [3.8, 4) is 22.5 Å². The van der Waals surface area contributed by atoms with Gasteiger partial charge in [-0.3, -0.25) is 9.36 Å². The fourth-order valence-corrected chi connectivity index (χ4v) is 4.00. The molecule has 4 aromatic rings. The highest BCUT2D eigenvalue weighted by molar-refractivity contribution is 7.11. The normalized spacial score (nSPS) is 14.1. The molecule has 1 saturated heterocycles. The molecule has 35 heavy (non-hydrogen) atoms. The molecule has 0 radical (unpaired) electrons. The molecule has 0 bridgehead atoms. The minimum absolute atomic E-state index is 0.00379. The molecule has 1 aromatic carbocycles. The average molecular weight is 504 g/mol. The van der Waals surface area contributed by atoms with Crippen molar-refractivity contribution in [3.63, 3.8) is 0 Å². The third kappa shape index (κ3) is 4.01. The van der Waals surface area contributed by atoms with Gasteiger partial charge in [0.15, 0.2) is 5.52 Å². The molecule has 0 aliphatic carbocycles. The van der Waals surface area contributed by atoms with E-state index in [1.807, 2.05) is 0 Å². The molecule has 0 amide bonds. The smallest absolute Gasteiger partial charge is 0.449 e. The third-order valence-electron chi connectivity index (χ3n) is 5.26. The second-order valence-corrected chi connectivity index (χ2v) is 8.32. The molecule has 15 heteroatoms. The zero-order chi connectivity index (χ0) is 24.9. The highest BCUT2D eigenvalue weighted by Gasteiger charge is 2.38. The maximum absolute atomic E-state index is 14.9. The molecule has 10 nitrogen and oxygen atoms in total. The molecule has 178 valence electrons. The molecule has 1 aliphatic rings. The van der Waals surface area contributed by atoms with Crippen LogP contribution in [0.25, 0.3) is 22.3 Å². The zero-order valence-electron chi connectivity index (χ0n) is 17.6. The summed E-state index contributed by atoms with van der Waals surface area (Å²) >= 11 is 1.21. The number of halogens is 4. The number of alkyl halides is 3. The van der Waals surface area contributed by atoms with Gasteiger partial charge in [-0.15, -0.1) is 10.2 Å². The summed E-state index contributed by atoms with van der Waals surface area (Å²) in [6.07, 6.45) is -5.24. The van der Waals surface area contributed by atoms with Crippen LogP contribution in [0.5, 0.6) is 5.19 Å². The summed E-state index contributed by atoms with van der Waals surface area (Å²) in [6, 6.07) is 5.18. The minimum atomic E-state index is -4.95. The van der Waals surface area contributed by atoms with Crippen LogP contribution in [0.3, 0.4) is 0 Å². The summed E-state index contributed by atoms with van der Waals surface area (Å²) in [7, 11) is 0.927. The Labute approximate surface area is 197 Å². The van der Waals surface area contributed by atoms with Crippen LogP contribution in [0, 0.1) is 17.1 Å². The van der Waals surface area contributed by atoms with Gasteiger partial charge >= 0.3 is 6.18 Å². The first-order valence-corrected chi connectivity index (χ1v) is 10.8. The van der Waals surface area contributed by atoms with Crippen molar-refractivity contribution in [3.05, 3.63) is 51.3 Å². The van der Waals surface area contributed by atoms with Crippen LogP contribution < -0.4 is 15.2 Å². The minimum Gasteiger partial charge on any atom is -0.462 e. The number of aromatic nitrogens is 6. The van der Waals surface area contributed by atoms with Crippen molar-refractivity contribution in [2.75, 3.05) is 18.0 Å².